The van der Waals surface area contributed by atoms with Crippen molar-refractivity contribution < 1.29 is 10.2 Å². The Morgan fingerprint density at radius 2 is 1.75 bits per heavy atom. The molecule has 0 aromatic heterocycles. The number of anilines is 1. The largest absolute Gasteiger partial charge is 0.390 e. The normalized spacial score (nSPS) is 14.6. The molecule has 0 saturated heterocycles. The van der Waals surface area contributed by atoms with Crippen molar-refractivity contribution in [1.82, 2.24) is 0 Å². The highest BCUT2D eigenvalue weighted by Crippen LogP contribution is 2.21. The second-order valence-electron chi connectivity index (χ2n) is 4.01. The van der Waals surface area contributed by atoms with Crippen molar-refractivity contribution in [3.05, 3.63) is 29.8 Å². The van der Waals surface area contributed by atoms with Gasteiger partial charge in [0.2, 0.25) is 0 Å². The van der Waals surface area contributed by atoms with Crippen LogP contribution in [0.25, 0.3) is 0 Å². The third-order valence-corrected chi connectivity index (χ3v) is 2.80. The molecule has 90 valence electrons. The van der Waals surface area contributed by atoms with Gasteiger partial charge < -0.3 is 15.1 Å². The Bertz CT molecular complexity index is 313. The zero-order valence-corrected chi connectivity index (χ0v) is 10.6. The lowest BCUT2D eigenvalue weighted by molar-refractivity contribution is 0.0172. The Balaban J connectivity index is 2.73. The van der Waals surface area contributed by atoms with Gasteiger partial charge >= 0.3 is 0 Å². The predicted octanol–water partition coefficient (Wildman–Crippen LogP) is 1.47. The Labute approximate surface area is 102 Å². The lowest BCUT2D eigenvalue weighted by atomic mass is 10.0. The Morgan fingerprint density at radius 1 is 1.19 bits per heavy atom. The van der Waals surface area contributed by atoms with E-state index < -0.39 is 12.2 Å². The smallest absolute Gasteiger partial charge is 0.105 e. The van der Waals surface area contributed by atoms with Gasteiger partial charge in [0.25, 0.3) is 0 Å². The quantitative estimate of drug-likeness (QED) is 0.684. The number of benzene rings is 1. The average molecular weight is 241 g/mol. The fourth-order valence-corrected chi connectivity index (χ4v) is 1.75. The van der Waals surface area contributed by atoms with Crippen LogP contribution in [0.15, 0.2) is 24.3 Å². The molecule has 1 aromatic rings. The van der Waals surface area contributed by atoms with Gasteiger partial charge in [-0.15, -0.1) is 0 Å². The van der Waals surface area contributed by atoms with E-state index in [9.17, 15) is 10.2 Å². The molecule has 0 bridgehead atoms. The van der Waals surface area contributed by atoms with Crippen LogP contribution in [0.1, 0.15) is 18.1 Å². The van der Waals surface area contributed by atoms with Crippen molar-refractivity contribution >= 4 is 18.3 Å². The molecule has 0 fully saturated rings. The maximum atomic E-state index is 9.85. The van der Waals surface area contributed by atoms with Gasteiger partial charge in [-0.3, -0.25) is 0 Å². The Morgan fingerprint density at radius 3 is 2.19 bits per heavy atom. The first-order valence-electron chi connectivity index (χ1n) is 5.30. The van der Waals surface area contributed by atoms with E-state index in [-0.39, 0.29) is 0 Å². The zero-order chi connectivity index (χ0) is 12.1. The van der Waals surface area contributed by atoms with Crippen LogP contribution < -0.4 is 4.90 Å². The van der Waals surface area contributed by atoms with E-state index in [0.29, 0.717) is 12.2 Å². The molecule has 4 heteroatoms. The van der Waals surface area contributed by atoms with Crippen LogP contribution in [0.2, 0.25) is 0 Å². The average Bonchev–Trinajstić information content (AvgIpc) is 2.28. The highest BCUT2D eigenvalue weighted by Gasteiger charge is 2.17. The van der Waals surface area contributed by atoms with E-state index in [1.54, 1.807) is 0 Å². The Hall–Kier alpha value is -0.710. The van der Waals surface area contributed by atoms with Crippen LogP contribution in [0.3, 0.4) is 0 Å². The molecule has 2 unspecified atom stereocenters. The third kappa shape index (κ3) is 3.40. The van der Waals surface area contributed by atoms with Crippen LogP contribution >= 0.6 is 12.6 Å². The van der Waals surface area contributed by atoms with Gasteiger partial charge in [0.15, 0.2) is 0 Å². The highest BCUT2D eigenvalue weighted by molar-refractivity contribution is 7.80. The van der Waals surface area contributed by atoms with E-state index in [2.05, 4.69) is 12.6 Å². The summed E-state index contributed by atoms with van der Waals surface area (Å²) in [7, 11) is 3.92. The molecular formula is C12H19NO2S. The summed E-state index contributed by atoms with van der Waals surface area (Å²) in [5.74, 6) is 0.564. The maximum absolute atomic E-state index is 9.85. The summed E-state index contributed by atoms with van der Waals surface area (Å²) in [5, 5.41) is 19.5. The first-order valence-corrected chi connectivity index (χ1v) is 5.93. The third-order valence-electron chi connectivity index (χ3n) is 2.54. The number of hydrogen-bond acceptors (Lipinski definition) is 4. The van der Waals surface area contributed by atoms with E-state index in [4.69, 9.17) is 0 Å². The minimum atomic E-state index is -0.830. The molecule has 0 amide bonds. The second kappa shape index (κ2) is 6.13. The number of aliphatic hydroxyl groups is 2. The van der Waals surface area contributed by atoms with E-state index in [1.807, 2.05) is 43.3 Å². The van der Waals surface area contributed by atoms with Crippen molar-refractivity contribution in [2.45, 2.75) is 18.6 Å². The monoisotopic (exact) mass is 241 g/mol. The summed E-state index contributed by atoms with van der Waals surface area (Å²) in [6.45, 7) is 0. The van der Waals surface area contributed by atoms with Gasteiger partial charge in [-0.05, 0) is 29.9 Å². The molecule has 0 spiro atoms. The van der Waals surface area contributed by atoms with Crippen molar-refractivity contribution in [2.24, 2.45) is 0 Å². The van der Waals surface area contributed by atoms with Gasteiger partial charge in [-0.25, -0.2) is 0 Å². The zero-order valence-electron chi connectivity index (χ0n) is 9.67. The summed E-state index contributed by atoms with van der Waals surface area (Å²) in [4.78, 5) is 1.99. The predicted molar refractivity (Wildman–Crippen MR) is 70.2 cm³/mol. The van der Waals surface area contributed by atoms with Crippen LogP contribution in [0.5, 0.6) is 0 Å². The standard InChI is InChI=1S/C12H19NO2S/c1-13(2)10-5-3-9(4-6-10)12(15)11(14)7-8-16/h3-6,11-12,14-16H,7-8H2,1-2H3. The molecule has 1 aromatic carbocycles. The van der Waals surface area contributed by atoms with Gasteiger partial charge in [-0.1, -0.05) is 12.1 Å². The van der Waals surface area contributed by atoms with Crippen molar-refractivity contribution in [3.63, 3.8) is 0 Å². The first kappa shape index (κ1) is 13.4. The molecule has 1 rings (SSSR count). The molecule has 0 aliphatic carbocycles. The van der Waals surface area contributed by atoms with Crippen molar-refractivity contribution in [1.29, 1.82) is 0 Å². The molecule has 16 heavy (non-hydrogen) atoms. The van der Waals surface area contributed by atoms with Crippen LogP contribution in [-0.4, -0.2) is 36.2 Å². The lowest BCUT2D eigenvalue weighted by Crippen LogP contribution is -2.18. The summed E-state index contributed by atoms with van der Waals surface area (Å²) < 4.78 is 0. The lowest BCUT2D eigenvalue weighted by Gasteiger charge is -2.19. The number of rotatable bonds is 5. The summed E-state index contributed by atoms with van der Waals surface area (Å²) in [6.07, 6.45) is -1.09. The van der Waals surface area contributed by atoms with Crippen molar-refractivity contribution in [3.8, 4) is 0 Å². The Kier molecular flexibility index (Phi) is 5.12. The number of aliphatic hydroxyl groups excluding tert-OH is 2. The van der Waals surface area contributed by atoms with Gasteiger partial charge in [0.1, 0.15) is 6.10 Å². The minimum absolute atomic E-state index is 0.486. The molecule has 0 aliphatic rings. The molecule has 0 heterocycles. The topological polar surface area (TPSA) is 43.7 Å². The first-order chi connectivity index (χ1) is 7.56. The number of hydrogen-bond donors (Lipinski definition) is 3. The van der Waals surface area contributed by atoms with Crippen LogP contribution in [0, 0.1) is 0 Å². The number of nitrogens with zero attached hydrogens (tertiary/aromatic N) is 1. The maximum Gasteiger partial charge on any atom is 0.105 e. The summed E-state index contributed by atoms with van der Waals surface area (Å²) >= 11 is 4.03. The SMILES string of the molecule is CN(C)c1ccc(C(O)C(O)CCS)cc1. The molecule has 3 nitrogen and oxygen atoms in total. The number of thiol groups is 1. The molecule has 2 N–H and O–H groups in total. The van der Waals surface area contributed by atoms with Crippen LogP contribution in [-0.2, 0) is 0 Å². The molecule has 0 saturated carbocycles. The van der Waals surface area contributed by atoms with E-state index in [1.165, 1.54) is 0 Å². The molecule has 0 radical (unpaired) electrons. The molecule has 0 aliphatic heterocycles. The van der Waals surface area contributed by atoms with Gasteiger partial charge in [-0.2, -0.15) is 12.6 Å². The molecule has 2 atom stereocenters. The van der Waals surface area contributed by atoms with Crippen LogP contribution in [0.4, 0.5) is 5.69 Å². The second-order valence-corrected chi connectivity index (χ2v) is 4.46. The summed E-state index contributed by atoms with van der Waals surface area (Å²) in [6, 6.07) is 7.52. The van der Waals surface area contributed by atoms with Gasteiger partial charge in [0.05, 0.1) is 6.10 Å². The van der Waals surface area contributed by atoms with E-state index >= 15 is 0 Å². The van der Waals surface area contributed by atoms with Crippen molar-refractivity contribution in [2.75, 3.05) is 24.7 Å². The summed E-state index contributed by atoms with van der Waals surface area (Å²) in [5.41, 5.74) is 1.81. The fourth-order valence-electron chi connectivity index (χ4n) is 1.48. The minimum Gasteiger partial charge on any atom is -0.390 e. The van der Waals surface area contributed by atoms with Gasteiger partial charge in [0, 0.05) is 19.8 Å². The van der Waals surface area contributed by atoms with E-state index in [0.717, 1.165) is 11.3 Å². The fraction of sp³-hybridized carbons (Fsp3) is 0.500. The highest BCUT2D eigenvalue weighted by atomic mass is 32.1. The molecular weight excluding hydrogens is 222 g/mol.